The number of hydrogen-bond donors (Lipinski definition) is 1. The normalized spacial score (nSPS) is 18.2. The van der Waals surface area contributed by atoms with Crippen LogP contribution in [0.25, 0.3) is 5.69 Å². The van der Waals surface area contributed by atoms with Crippen LogP contribution < -0.4 is 5.32 Å². The Morgan fingerprint density at radius 3 is 2.75 bits per heavy atom. The van der Waals surface area contributed by atoms with Crippen molar-refractivity contribution in [1.82, 2.24) is 30.4 Å². The summed E-state index contributed by atoms with van der Waals surface area (Å²) in [7, 11) is 0. The topological polar surface area (TPSA) is 93.0 Å². The Labute approximate surface area is 139 Å². The van der Waals surface area contributed by atoms with Crippen LogP contribution in [-0.2, 0) is 16.0 Å². The number of tetrazole rings is 1. The third kappa shape index (κ3) is 3.42. The Kier molecular flexibility index (Phi) is 4.54. The molecule has 3 rings (SSSR count). The van der Waals surface area contributed by atoms with Gasteiger partial charge in [0.1, 0.15) is 0 Å². The van der Waals surface area contributed by atoms with Crippen molar-refractivity contribution >= 4 is 11.8 Å². The van der Waals surface area contributed by atoms with Crippen molar-refractivity contribution in [3.05, 3.63) is 35.7 Å². The number of amides is 2. The molecule has 1 aromatic heterocycles. The first kappa shape index (κ1) is 16.1. The zero-order valence-corrected chi connectivity index (χ0v) is 13.8. The first-order valence-electron chi connectivity index (χ1n) is 7.95. The van der Waals surface area contributed by atoms with Gasteiger partial charge in [-0.3, -0.25) is 9.59 Å². The summed E-state index contributed by atoms with van der Waals surface area (Å²) in [6.07, 6.45) is 0.668. The maximum absolute atomic E-state index is 12.6. The summed E-state index contributed by atoms with van der Waals surface area (Å²) in [4.78, 5) is 25.8. The van der Waals surface area contributed by atoms with E-state index in [9.17, 15) is 9.59 Å². The smallest absolute Gasteiger partial charge is 0.227 e. The van der Waals surface area contributed by atoms with E-state index in [4.69, 9.17) is 0 Å². The van der Waals surface area contributed by atoms with E-state index in [1.165, 1.54) is 0 Å². The van der Waals surface area contributed by atoms with Gasteiger partial charge in [0.2, 0.25) is 11.8 Å². The number of nitrogens with zero attached hydrogens (tertiary/aromatic N) is 5. The van der Waals surface area contributed by atoms with Crippen LogP contribution in [0.4, 0.5) is 0 Å². The molecule has 0 aliphatic carbocycles. The van der Waals surface area contributed by atoms with Crippen molar-refractivity contribution < 1.29 is 9.59 Å². The van der Waals surface area contributed by atoms with E-state index in [1.807, 2.05) is 38.1 Å². The summed E-state index contributed by atoms with van der Waals surface area (Å²) in [5, 5.41) is 14.2. The lowest BCUT2D eigenvalue weighted by Crippen LogP contribution is -2.42. The molecule has 2 heterocycles. The number of carbonyl (C=O) groups is 2. The molecule has 0 bridgehead atoms. The molecule has 2 aromatic rings. The Morgan fingerprint density at radius 2 is 2.08 bits per heavy atom. The number of benzene rings is 1. The maximum Gasteiger partial charge on any atom is 0.227 e. The summed E-state index contributed by atoms with van der Waals surface area (Å²) in [6.45, 7) is 4.75. The monoisotopic (exact) mass is 328 g/mol. The van der Waals surface area contributed by atoms with E-state index >= 15 is 0 Å². The molecular formula is C16H20N6O2. The first-order valence-corrected chi connectivity index (χ1v) is 7.95. The quantitative estimate of drug-likeness (QED) is 0.872. The minimum Gasteiger partial charge on any atom is -0.354 e. The van der Waals surface area contributed by atoms with Crippen LogP contribution in [-0.4, -0.2) is 56.1 Å². The third-order valence-electron chi connectivity index (χ3n) is 4.19. The van der Waals surface area contributed by atoms with Gasteiger partial charge in [0.25, 0.3) is 0 Å². The number of hydrogen-bond acceptors (Lipinski definition) is 5. The number of aromatic nitrogens is 4. The fourth-order valence-electron chi connectivity index (χ4n) is 2.77. The highest BCUT2D eigenvalue weighted by Gasteiger charge is 2.24. The predicted octanol–water partition coefficient (Wildman–Crippen LogP) is 0.250. The molecule has 0 saturated carbocycles. The molecule has 1 aliphatic rings. The highest BCUT2D eigenvalue weighted by Crippen LogP contribution is 2.13. The molecule has 1 saturated heterocycles. The van der Waals surface area contributed by atoms with Gasteiger partial charge in [-0.2, -0.15) is 4.68 Å². The van der Waals surface area contributed by atoms with Gasteiger partial charge < -0.3 is 10.2 Å². The molecular weight excluding hydrogens is 308 g/mol. The molecule has 1 atom stereocenters. The van der Waals surface area contributed by atoms with E-state index in [2.05, 4.69) is 20.8 Å². The number of rotatable bonds is 3. The van der Waals surface area contributed by atoms with E-state index in [0.717, 1.165) is 11.3 Å². The van der Waals surface area contributed by atoms with Gasteiger partial charge in [0, 0.05) is 25.6 Å². The molecule has 1 N–H and O–H groups in total. The lowest BCUT2D eigenvalue weighted by atomic mass is 10.1. The van der Waals surface area contributed by atoms with Gasteiger partial charge in [0.15, 0.2) is 5.82 Å². The van der Waals surface area contributed by atoms with Crippen molar-refractivity contribution in [1.29, 1.82) is 0 Å². The molecule has 0 radical (unpaired) electrons. The SMILES string of the molecule is Cc1nnnn1-c1ccc(CC(=O)N2CCC(=O)NC[C@H]2C)cc1. The number of aryl methyl sites for hydroxylation is 1. The molecule has 1 fully saturated rings. The van der Waals surface area contributed by atoms with Crippen molar-refractivity contribution in [3.63, 3.8) is 0 Å². The minimum atomic E-state index is -0.00156. The standard InChI is InChI=1S/C16H20N6O2/c1-11-10-17-15(23)7-8-21(11)16(24)9-13-3-5-14(6-4-13)22-12(2)18-19-20-22/h3-6,11H,7-10H2,1-2H3,(H,17,23)/t11-/m1/s1. The van der Waals surface area contributed by atoms with Gasteiger partial charge in [-0.25, -0.2) is 0 Å². The van der Waals surface area contributed by atoms with E-state index in [-0.39, 0.29) is 17.9 Å². The van der Waals surface area contributed by atoms with Gasteiger partial charge in [-0.1, -0.05) is 12.1 Å². The second-order valence-corrected chi connectivity index (χ2v) is 5.97. The van der Waals surface area contributed by atoms with Crippen molar-refractivity contribution in [2.75, 3.05) is 13.1 Å². The average molecular weight is 328 g/mol. The van der Waals surface area contributed by atoms with Crippen LogP contribution in [0.2, 0.25) is 0 Å². The summed E-state index contributed by atoms with van der Waals surface area (Å²) in [5.74, 6) is 0.734. The van der Waals surface area contributed by atoms with Crippen molar-refractivity contribution in [3.8, 4) is 5.69 Å². The minimum absolute atomic E-state index is 0.00156. The van der Waals surface area contributed by atoms with Crippen LogP contribution in [0, 0.1) is 6.92 Å². The number of carbonyl (C=O) groups excluding carboxylic acids is 2. The molecule has 8 nitrogen and oxygen atoms in total. The highest BCUT2D eigenvalue weighted by molar-refractivity contribution is 5.81. The largest absolute Gasteiger partial charge is 0.354 e. The number of nitrogens with one attached hydrogen (secondary N) is 1. The molecule has 24 heavy (non-hydrogen) atoms. The van der Waals surface area contributed by atoms with Crippen LogP contribution in [0.3, 0.4) is 0 Å². The maximum atomic E-state index is 12.6. The summed E-state index contributed by atoms with van der Waals surface area (Å²) in [6, 6.07) is 7.60. The van der Waals surface area contributed by atoms with Gasteiger partial charge >= 0.3 is 0 Å². The Morgan fingerprint density at radius 1 is 1.33 bits per heavy atom. The molecule has 1 aliphatic heterocycles. The molecule has 0 spiro atoms. The van der Waals surface area contributed by atoms with E-state index in [0.29, 0.717) is 31.8 Å². The van der Waals surface area contributed by atoms with Crippen molar-refractivity contribution in [2.45, 2.75) is 32.7 Å². The van der Waals surface area contributed by atoms with E-state index < -0.39 is 0 Å². The van der Waals surface area contributed by atoms with Gasteiger partial charge in [-0.05, 0) is 42.0 Å². The fraction of sp³-hybridized carbons (Fsp3) is 0.438. The molecule has 1 aromatic carbocycles. The zero-order chi connectivity index (χ0) is 17.1. The molecule has 2 amide bonds. The Bertz CT molecular complexity index is 739. The molecule has 8 heteroatoms. The highest BCUT2D eigenvalue weighted by atomic mass is 16.2. The Hall–Kier alpha value is -2.77. The van der Waals surface area contributed by atoms with E-state index in [1.54, 1.807) is 9.58 Å². The zero-order valence-electron chi connectivity index (χ0n) is 13.8. The summed E-state index contributed by atoms with van der Waals surface area (Å²) in [5.41, 5.74) is 1.77. The summed E-state index contributed by atoms with van der Waals surface area (Å²) < 4.78 is 1.64. The second-order valence-electron chi connectivity index (χ2n) is 5.97. The van der Waals surface area contributed by atoms with Crippen LogP contribution in [0.5, 0.6) is 0 Å². The molecule has 0 unspecified atom stereocenters. The van der Waals surface area contributed by atoms with Crippen LogP contribution in [0.15, 0.2) is 24.3 Å². The fourth-order valence-corrected chi connectivity index (χ4v) is 2.77. The van der Waals surface area contributed by atoms with Gasteiger partial charge in [-0.15, -0.1) is 5.10 Å². The summed E-state index contributed by atoms with van der Waals surface area (Å²) >= 11 is 0. The van der Waals surface area contributed by atoms with Crippen LogP contribution in [0.1, 0.15) is 24.7 Å². The first-order chi connectivity index (χ1) is 11.5. The lowest BCUT2D eigenvalue weighted by molar-refractivity contribution is -0.132. The lowest BCUT2D eigenvalue weighted by Gasteiger charge is -2.26. The van der Waals surface area contributed by atoms with Crippen molar-refractivity contribution in [2.24, 2.45) is 0 Å². The van der Waals surface area contributed by atoms with Gasteiger partial charge in [0.05, 0.1) is 12.1 Å². The predicted molar refractivity (Wildman–Crippen MR) is 86.4 cm³/mol. The third-order valence-corrected chi connectivity index (χ3v) is 4.19. The van der Waals surface area contributed by atoms with Crippen LogP contribution >= 0.6 is 0 Å². The molecule has 126 valence electrons. The Balaban J connectivity index is 1.68. The second kappa shape index (κ2) is 6.77. The average Bonchev–Trinajstić information content (AvgIpc) is 2.92.